The molecule has 0 aliphatic carbocycles. The number of carbonyl (C=O) groups excluding carboxylic acids is 2. The van der Waals surface area contributed by atoms with Crippen LogP contribution in [0, 0.1) is 0 Å². The van der Waals surface area contributed by atoms with Crippen molar-refractivity contribution in [3.8, 4) is 28.3 Å². The molecule has 306 valence electrons. The zero-order valence-corrected chi connectivity index (χ0v) is 35.6. The quantitative estimate of drug-likeness (QED) is 0.119. The molecule has 0 aliphatic rings. The van der Waals surface area contributed by atoms with Gasteiger partial charge in [-0.15, -0.1) is 0 Å². The minimum Gasteiger partial charge on any atom is -0.497 e. The molecule has 0 saturated heterocycles. The molecule has 14 heteroatoms. The first-order valence-electron chi connectivity index (χ1n) is 19.5. The lowest BCUT2D eigenvalue weighted by Crippen LogP contribution is -2.28. The number of nitrogens with one attached hydrogen (secondary N) is 2. The van der Waals surface area contributed by atoms with E-state index in [4.69, 9.17) is 4.74 Å². The monoisotopic (exact) mass is 876 g/mol. The molecule has 4 aromatic carbocycles. The lowest BCUT2D eigenvalue weighted by Gasteiger charge is -2.17. The molecule has 0 radical (unpaired) electrons. The first-order chi connectivity index (χ1) is 29.5. The highest BCUT2D eigenvalue weighted by Gasteiger charge is 2.24. The van der Waals surface area contributed by atoms with Crippen molar-refractivity contribution in [2.45, 2.75) is 40.8 Å². The molecule has 0 spiro atoms. The summed E-state index contributed by atoms with van der Waals surface area (Å²) >= 11 is 3.54. The average Bonchev–Trinajstić information content (AvgIpc) is 3.28. The first-order valence-corrected chi connectivity index (χ1v) is 20.3. The Morgan fingerprint density at radius 3 is 1.66 bits per heavy atom. The predicted molar refractivity (Wildman–Crippen MR) is 244 cm³/mol. The smallest absolute Gasteiger partial charge is 0.291 e. The van der Waals surface area contributed by atoms with Gasteiger partial charge in [-0.3, -0.25) is 29.1 Å². The van der Waals surface area contributed by atoms with Gasteiger partial charge >= 0.3 is 0 Å². The predicted octanol–water partition coefficient (Wildman–Crippen LogP) is 9.62. The minimum atomic E-state index is -0.376. The summed E-state index contributed by atoms with van der Waals surface area (Å²) < 4.78 is 9.03. The molecule has 0 fully saturated rings. The van der Waals surface area contributed by atoms with Gasteiger partial charge in [0.15, 0.2) is 11.6 Å². The molecule has 61 heavy (non-hydrogen) atoms. The molecule has 4 heterocycles. The number of halogens is 1. The molecule has 2 N–H and O–H groups in total. The van der Waals surface area contributed by atoms with Gasteiger partial charge < -0.3 is 15.4 Å². The van der Waals surface area contributed by atoms with Crippen LogP contribution in [0.1, 0.15) is 48.4 Å². The van der Waals surface area contributed by atoms with E-state index >= 15 is 0 Å². The van der Waals surface area contributed by atoms with Crippen molar-refractivity contribution in [3.05, 3.63) is 158 Å². The largest absolute Gasteiger partial charge is 0.497 e. The SMILES string of the molecule is CCn1nc(-c2ccccc2)c(C(C)=O)c(Nc2cc(OC)cc3cccnc23)c1=O.CCn1nc(-c2ccccc2)c(C(C)=O)c(Nc2ccc(Br)c3cccnc23)c1=O. The summed E-state index contributed by atoms with van der Waals surface area (Å²) in [5.74, 6) is 0.119. The second kappa shape index (κ2) is 18.3. The lowest BCUT2D eigenvalue weighted by atomic mass is 10.0. The van der Waals surface area contributed by atoms with Gasteiger partial charge in [-0.05, 0) is 58.0 Å². The molecule has 8 aromatic rings. The number of anilines is 4. The van der Waals surface area contributed by atoms with Crippen molar-refractivity contribution < 1.29 is 14.3 Å². The van der Waals surface area contributed by atoms with Crippen LogP contribution in [0.25, 0.3) is 44.3 Å². The summed E-state index contributed by atoms with van der Waals surface area (Å²) in [6.45, 7) is 7.31. The number of benzene rings is 4. The molecule has 0 unspecified atom stereocenters. The van der Waals surface area contributed by atoms with Crippen LogP contribution in [0.4, 0.5) is 22.7 Å². The van der Waals surface area contributed by atoms with Gasteiger partial charge in [-0.25, -0.2) is 9.36 Å². The third kappa shape index (κ3) is 8.57. The van der Waals surface area contributed by atoms with Gasteiger partial charge in [0, 0.05) is 57.9 Å². The highest BCUT2D eigenvalue weighted by atomic mass is 79.9. The number of fused-ring (bicyclic) bond motifs is 2. The maximum absolute atomic E-state index is 13.2. The number of nitrogens with zero attached hydrogens (tertiary/aromatic N) is 6. The normalized spacial score (nSPS) is 10.9. The van der Waals surface area contributed by atoms with Crippen molar-refractivity contribution in [1.29, 1.82) is 0 Å². The molecule has 13 nitrogen and oxygen atoms in total. The van der Waals surface area contributed by atoms with Crippen molar-refractivity contribution in [3.63, 3.8) is 0 Å². The number of rotatable bonds is 11. The third-order valence-electron chi connectivity index (χ3n) is 9.86. The Kier molecular flexibility index (Phi) is 12.5. The maximum Gasteiger partial charge on any atom is 0.291 e. The lowest BCUT2D eigenvalue weighted by molar-refractivity contribution is 0.101. The van der Waals surface area contributed by atoms with Crippen LogP contribution in [0.3, 0.4) is 0 Å². The molecule has 0 amide bonds. The van der Waals surface area contributed by atoms with Crippen molar-refractivity contribution in [1.82, 2.24) is 29.5 Å². The highest BCUT2D eigenvalue weighted by Crippen LogP contribution is 2.34. The molecular weight excluding hydrogens is 836 g/mol. The van der Waals surface area contributed by atoms with E-state index in [1.54, 1.807) is 25.6 Å². The number of Topliss-reactive ketones (excluding diaryl/α,β-unsaturated/α-hetero) is 2. The van der Waals surface area contributed by atoms with E-state index in [0.717, 1.165) is 26.4 Å². The van der Waals surface area contributed by atoms with Crippen LogP contribution >= 0.6 is 15.9 Å². The summed E-state index contributed by atoms with van der Waals surface area (Å²) in [5.41, 5.74) is 5.18. The van der Waals surface area contributed by atoms with Crippen LogP contribution in [0.2, 0.25) is 0 Å². The van der Waals surface area contributed by atoms with Crippen molar-refractivity contribution >= 4 is 72.1 Å². The number of aromatic nitrogens is 6. The Morgan fingerprint density at radius 2 is 1.15 bits per heavy atom. The van der Waals surface area contributed by atoms with Crippen LogP contribution in [-0.2, 0) is 13.1 Å². The summed E-state index contributed by atoms with van der Waals surface area (Å²) in [4.78, 5) is 60.7. The van der Waals surface area contributed by atoms with E-state index in [0.29, 0.717) is 52.6 Å². The average molecular weight is 878 g/mol. The van der Waals surface area contributed by atoms with Crippen LogP contribution in [0.5, 0.6) is 5.75 Å². The van der Waals surface area contributed by atoms with Crippen molar-refractivity contribution in [2.75, 3.05) is 17.7 Å². The molecule has 0 bridgehead atoms. The molecular formula is C47H41BrN8O5. The van der Waals surface area contributed by atoms with Gasteiger partial charge in [0.05, 0.1) is 40.6 Å². The van der Waals surface area contributed by atoms with Crippen molar-refractivity contribution in [2.24, 2.45) is 0 Å². The fourth-order valence-electron chi connectivity index (χ4n) is 6.97. The zero-order valence-electron chi connectivity index (χ0n) is 34.1. The van der Waals surface area contributed by atoms with E-state index in [1.807, 2.05) is 117 Å². The van der Waals surface area contributed by atoms with E-state index in [-0.39, 0.29) is 45.2 Å². The summed E-state index contributed by atoms with van der Waals surface area (Å²) in [7, 11) is 1.58. The number of pyridine rings is 2. The number of hydrogen-bond donors (Lipinski definition) is 2. The van der Waals surface area contributed by atoms with Gasteiger partial charge in [-0.2, -0.15) is 10.2 Å². The van der Waals surface area contributed by atoms with E-state index in [1.165, 1.54) is 23.2 Å². The second-order valence-corrected chi connectivity index (χ2v) is 14.6. The number of methoxy groups -OCH3 is 1. The van der Waals surface area contributed by atoms with Gasteiger partial charge in [-0.1, -0.05) is 88.7 Å². The Balaban J connectivity index is 0.000000184. The Hall–Kier alpha value is -7.32. The standard InChI is InChI=1S/C24H22N4O3.C23H19BrN4O2/c1-4-28-24(30)23(20(15(2)29)22(27-28)16-9-6-5-7-10-16)26-19-14-18(31-3)13-17-11-8-12-25-21(17)19;1-3-28-23(30)22(19(14(2)29)20(27-28)15-8-5-4-6-9-15)26-18-12-11-17(24)16-10-7-13-25-21(16)18/h5-14,26H,4H2,1-3H3;4-13,26H,3H2,1-2H3. The molecule has 0 saturated carbocycles. The second-order valence-electron chi connectivity index (χ2n) is 13.8. The number of ketones is 2. The van der Waals surface area contributed by atoms with Crippen LogP contribution < -0.4 is 26.5 Å². The third-order valence-corrected chi connectivity index (χ3v) is 10.6. The van der Waals surface area contributed by atoms with Gasteiger partial charge in [0.1, 0.15) is 28.5 Å². The van der Waals surface area contributed by atoms with Gasteiger partial charge in [0.25, 0.3) is 11.1 Å². The molecule has 8 rings (SSSR count). The number of hydrogen-bond acceptors (Lipinski definition) is 11. The Morgan fingerprint density at radius 1 is 0.639 bits per heavy atom. The minimum absolute atomic E-state index is 0.170. The highest BCUT2D eigenvalue weighted by molar-refractivity contribution is 9.10. The number of aryl methyl sites for hydroxylation is 2. The molecule has 4 aromatic heterocycles. The fourth-order valence-corrected chi connectivity index (χ4v) is 7.42. The van der Waals surface area contributed by atoms with Crippen LogP contribution in [-0.4, -0.2) is 48.2 Å². The fraction of sp³-hybridized carbons (Fsp3) is 0.149. The molecule has 0 atom stereocenters. The van der Waals surface area contributed by atoms with E-state index < -0.39 is 0 Å². The summed E-state index contributed by atoms with van der Waals surface area (Å²) in [6.07, 6.45) is 3.37. The van der Waals surface area contributed by atoms with E-state index in [9.17, 15) is 19.2 Å². The first kappa shape index (κ1) is 41.8. The van der Waals surface area contributed by atoms with E-state index in [2.05, 4.69) is 46.7 Å². The Bertz CT molecular complexity index is 3060. The number of carbonyl (C=O) groups is 2. The van der Waals surface area contributed by atoms with Crippen LogP contribution in [0.15, 0.2) is 136 Å². The summed E-state index contributed by atoms with van der Waals surface area (Å²) in [6, 6.07) is 33.6. The maximum atomic E-state index is 13.2. The number of ether oxygens (including phenoxy) is 1. The summed E-state index contributed by atoms with van der Waals surface area (Å²) in [5, 5.41) is 17.1. The zero-order chi connectivity index (χ0) is 43.2. The molecule has 0 aliphatic heterocycles. The topological polar surface area (TPSA) is 163 Å². The Labute approximate surface area is 359 Å². The van der Waals surface area contributed by atoms with Gasteiger partial charge in [0.2, 0.25) is 0 Å².